The van der Waals surface area contributed by atoms with Crippen molar-refractivity contribution in [2.75, 3.05) is 6.54 Å². The zero-order valence-corrected chi connectivity index (χ0v) is 13.4. The lowest BCUT2D eigenvalue weighted by Crippen LogP contribution is -2.34. The number of hydrogen-bond acceptors (Lipinski definition) is 2. The van der Waals surface area contributed by atoms with E-state index in [-0.39, 0.29) is 22.8 Å². The van der Waals surface area contributed by atoms with Crippen LogP contribution in [-0.4, -0.2) is 22.2 Å². The standard InChI is InChI=1S/C14H19ClF3N3O/c1-7(2)6-19-13(22)8(3)21-11(9-4-5-9)10(15)12(20-21)14(16,17)18/h7-9H,4-6H2,1-3H3,(H,19,22). The van der Waals surface area contributed by atoms with Gasteiger partial charge < -0.3 is 5.32 Å². The summed E-state index contributed by atoms with van der Waals surface area (Å²) >= 11 is 5.89. The number of nitrogens with one attached hydrogen (secondary N) is 1. The molecule has 4 nitrogen and oxygen atoms in total. The number of amides is 1. The van der Waals surface area contributed by atoms with Crippen molar-refractivity contribution in [3.05, 3.63) is 16.4 Å². The second kappa shape index (κ2) is 6.10. The van der Waals surface area contributed by atoms with Crippen LogP contribution >= 0.6 is 11.6 Å². The highest BCUT2D eigenvalue weighted by Gasteiger charge is 2.43. The molecule has 22 heavy (non-hydrogen) atoms. The van der Waals surface area contributed by atoms with Crippen LogP contribution < -0.4 is 5.32 Å². The molecular formula is C14H19ClF3N3O. The number of aromatic nitrogens is 2. The van der Waals surface area contributed by atoms with E-state index in [2.05, 4.69) is 10.4 Å². The van der Waals surface area contributed by atoms with Gasteiger partial charge in [0.2, 0.25) is 5.91 Å². The summed E-state index contributed by atoms with van der Waals surface area (Å²) in [7, 11) is 0. The lowest BCUT2D eigenvalue weighted by molar-refractivity contribution is -0.141. The maximum Gasteiger partial charge on any atom is 0.436 e. The Labute approximate surface area is 132 Å². The number of halogens is 4. The molecule has 0 saturated heterocycles. The molecule has 124 valence electrons. The van der Waals surface area contributed by atoms with E-state index in [0.717, 1.165) is 17.5 Å². The minimum atomic E-state index is -4.62. The predicted octanol–water partition coefficient (Wildman–Crippen LogP) is 3.77. The summed E-state index contributed by atoms with van der Waals surface area (Å²) in [6.45, 7) is 5.87. The second-order valence-corrected chi connectivity index (χ2v) is 6.46. The molecule has 1 aromatic heterocycles. The topological polar surface area (TPSA) is 46.9 Å². The third kappa shape index (κ3) is 3.56. The van der Waals surface area contributed by atoms with E-state index in [0.29, 0.717) is 12.2 Å². The fourth-order valence-electron chi connectivity index (χ4n) is 2.19. The van der Waals surface area contributed by atoms with Crippen molar-refractivity contribution in [3.63, 3.8) is 0 Å². The normalized spacial score (nSPS) is 16.9. The minimum absolute atomic E-state index is 0.0450. The summed E-state index contributed by atoms with van der Waals surface area (Å²) in [6.07, 6.45) is -3.09. The molecule has 1 aliphatic carbocycles. The van der Waals surface area contributed by atoms with Crippen LogP contribution in [0.4, 0.5) is 13.2 Å². The maximum atomic E-state index is 13.0. The number of alkyl halides is 3. The summed E-state index contributed by atoms with van der Waals surface area (Å²) < 4.78 is 40.1. The van der Waals surface area contributed by atoms with Gasteiger partial charge in [0.25, 0.3) is 0 Å². The Kier molecular flexibility index (Phi) is 4.75. The van der Waals surface area contributed by atoms with E-state index < -0.39 is 17.9 Å². The first kappa shape index (κ1) is 17.1. The van der Waals surface area contributed by atoms with Gasteiger partial charge in [-0.25, -0.2) is 0 Å². The first-order chi connectivity index (χ1) is 10.1. The lowest BCUT2D eigenvalue weighted by atomic mass is 10.2. The van der Waals surface area contributed by atoms with Crippen molar-refractivity contribution in [2.24, 2.45) is 5.92 Å². The van der Waals surface area contributed by atoms with E-state index in [1.807, 2.05) is 13.8 Å². The summed E-state index contributed by atoms with van der Waals surface area (Å²) in [4.78, 5) is 12.1. The number of rotatable bonds is 5. The van der Waals surface area contributed by atoms with Gasteiger partial charge in [-0.2, -0.15) is 18.3 Å². The molecular weight excluding hydrogens is 319 g/mol. The minimum Gasteiger partial charge on any atom is -0.354 e. The van der Waals surface area contributed by atoms with E-state index in [4.69, 9.17) is 11.6 Å². The Balaban J connectivity index is 2.31. The van der Waals surface area contributed by atoms with Gasteiger partial charge >= 0.3 is 6.18 Å². The molecule has 0 spiro atoms. The molecule has 0 aliphatic heterocycles. The van der Waals surface area contributed by atoms with Crippen molar-refractivity contribution in [2.45, 2.75) is 51.7 Å². The highest BCUT2D eigenvalue weighted by molar-refractivity contribution is 6.32. The predicted molar refractivity (Wildman–Crippen MR) is 76.8 cm³/mol. The highest BCUT2D eigenvalue weighted by Crippen LogP contribution is 2.47. The Morgan fingerprint density at radius 3 is 2.45 bits per heavy atom. The van der Waals surface area contributed by atoms with Crippen LogP contribution in [-0.2, 0) is 11.0 Å². The highest BCUT2D eigenvalue weighted by atomic mass is 35.5. The number of carbonyl (C=O) groups is 1. The van der Waals surface area contributed by atoms with Gasteiger partial charge in [0.1, 0.15) is 6.04 Å². The first-order valence-corrected chi connectivity index (χ1v) is 7.63. The van der Waals surface area contributed by atoms with Gasteiger partial charge in [0.15, 0.2) is 5.69 Å². The van der Waals surface area contributed by atoms with Crippen molar-refractivity contribution in [1.82, 2.24) is 15.1 Å². The summed E-state index contributed by atoms with van der Waals surface area (Å²) in [5.41, 5.74) is -0.791. The van der Waals surface area contributed by atoms with Crippen LogP contribution in [0.1, 0.15) is 57.0 Å². The van der Waals surface area contributed by atoms with Crippen molar-refractivity contribution in [1.29, 1.82) is 0 Å². The molecule has 0 bridgehead atoms. The second-order valence-electron chi connectivity index (χ2n) is 6.08. The summed E-state index contributed by atoms with van der Waals surface area (Å²) in [5.74, 6) is -0.147. The van der Waals surface area contributed by atoms with Gasteiger partial charge in [0, 0.05) is 12.5 Å². The van der Waals surface area contributed by atoms with E-state index in [1.165, 1.54) is 6.92 Å². The SMILES string of the molecule is CC(C)CNC(=O)C(C)n1nc(C(F)(F)F)c(Cl)c1C1CC1. The summed E-state index contributed by atoms with van der Waals surface area (Å²) in [6, 6.07) is -0.831. The third-order valence-electron chi connectivity index (χ3n) is 3.55. The van der Waals surface area contributed by atoms with Gasteiger partial charge in [-0.05, 0) is 25.7 Å². The molecule has 1 amide bonds. The van der Waals surface area contributed by atoms with E-state index in [9.17, 15) is 18.0 Å². The molecule has 8 heteroatoms. The van der Waals surface area contributed by atoms with Gasteiger partial charge in [-0.3, -0.25) is 9.48 Å². The van der Waals surface area contributed by atoms with Crippen LogP contribution in [0, 0.1) is 5.92 Å². The van der Waals surface area contributed by atoms with E-state index in [1.54, 1.807) is 0 Å². The Morgan fingerprint density at radius 2 is 2.00 bits per heavy atom. The van der Waals surface area contributed by atoms with Crippen LogP contribution in [0.25, 0.3) is 0 Å². The number of hydrogen-bond donors (Lipinski definition) is 1. The molecule has 0 aromatic carbocycles. The van der Waals surface area contributed by atoms with Crippen LogP contribution in [0.3, 0.4) is 0 Å². The number of nitrogens with zero attached hydrogens (tertiary/aromatic N) is 2. The lowest BCUT2D eigenvalue weighted by Gasteiger charge is -2.16. The van der Waals surface area contributed by atoms with Crippen LogP contribution in [0.2, 0.25) is 5.02 Å². The average molecular weight is 338 g/mol. The zero-order valence-electron chi connectivity index (χ0n) is 12.7. The fourth-order valence-corrected chi connectivity index (χ4v) is 2.58. The molecule has 1 N–H and O–H groups in total. The number of carbonyl (C=O) groups excluding carboxylic acids is 1. The molecule has 1 atom stereocenters. The van der Waals surface area contributed by atoms with Gasteiger partial charge in [0.05, 0.1) is 10.7 Å². The molecule has 1 unspecified atom stereocenters. The quantitative estimate of drug-likeness (QED) is 0.889. The first-order valence-electron chi connectivity index (χ1n) is 7.25. The van der Waals surface area contributed by atoms with Crippen molar-refractivity contribution in [3.8, 4) is 0 Å². The molecule has 1 heterocycles. The van der Waals surface area contributed by atoms with Gasteiger partial charge in [-0.15, -0.1) is 0 Å². The van der Waals surface area contributed by atoms with Crippen molar-refractivity contribution >= 4 is 17.5 Å². The van der Waals surface area contributed by atoms with E-state index >= 15 is 0 Å². The van der Waals surface area contributed by atoms with Crippen LogP contribution in [0.15, 0.2) is 0 Å². The van der Waals surface area contributed by atoms with Crippen molar-refractivity contribution < 1.29 is 18.0 Å². The Hall–Kier alpha value is -1.24. The van der Waals surface area contributed by atoms with Gasteiger partial charge in [-0.1, -0.05) is 25.4 Å². The molecule has 1 aromatic rings. The molecule has 1 aliphatic rings. The molecule has 0 radical (unpaired) electrons. The third-order valence-corrected chi connectivity index (χ3v) is 3.92. The maximum absolute atomic E-state index is 13.0. The zero-order chi connectivity index (χ0) is 16.7. The fraction of sp³-hybridized carbons (Fsp3) is 0.714. The Bertz CT molecular complexity index is 564. The summed E-state index contributed by atoms with van der Waals surface area (Å²) in [5, 5.41) is 5.92. The molecule has 1 saturated carbocycles. The molecule has 1 fully saturated rings. The largest absolute Gasteiger partial charge is 0.436 e. The average Bonchev–Trinajstić information content (AvgIpc) is 3.17. The van der Waals surface area contributed by atoms with Crippen LogP contribution in [0.5, 0.6) is 0 Å². The smallest absolute Gasteiger partial charge is 0.354 e. The Morgan fingerprint density at radius 1 is 1.41 bits per heavy atom. The molecule has 2 rings (SSSR count). The monoisotopic (exact) mass is 337 g/mol.